The van der Waals surface area contributed by atoms with Crippen LogP contribution in [0.1, 0.15) is 29.6 Å². The number of nitrogen functional groups attached to an aromatic ring is 1. The topological polar surface area (TPSA) is 55.6 Å². The number of nitrogens with zero attached hydrogens (tertiary/aromatic N) is 1. The van der Waals surface area contributed by atoms with Gasteiger partial charge in [0, 0.05) is 37.7 Å². The first kappa shape index (κ1) is 11.5. The Morgan fingerprint density at radius 1 is 1.33 bits per heavy atom. The molecule has 0 amide bonds. The van der Waals surface area contributed by atoms with Gasteiger partial charge in [-0.05, 0) is 19.2 Å². The Morgan fingerprint density at radius 2 is 2.06 bits per heavy atom. The number of fused-ring (bicyclic) bond motifs is 1. The number of piperidine rings is 1. The monoisotopic (exact) mass is 246 g/mol. The Morgan fingerprint density at radius 3 is 2.78 bits per heavy atom. The van der Waals surface area contributed by atoms with Crippen LogP contribution in [-0.4, -0.2) is 36.4 Å². The zero-order valence-electron chi connectivity index (χ0n) is 10.6. The third-order valence-electron chi connectivity index (χ3n) is 4.01. The molecule has 2 aliphatic heterocycles. The maximum absolute atomic E-state index is 12.2. The van der Waals surface area contributed by atoms with E-state index in [1.165, 1.54) is 0 Å². The van der Waals surface area contributed by atoms with Crippen molar-refractivity contribution in [2.75, 3.05) is 25.9 Å². The van der Waals surface area contributed by atoms with E-state index in [4.69, 9.17) is 10.5 Å². The van der Waals surface area contributed by atoms with E-state index in [2.05, 4.69) is 11.9 Å². The standard InChI is InChI=1S/C14H18N2O2/c1-16-6-4-14(5-7-16)9-12(17)11-3-2-10(15)8-13(11)18-14/h2-3,8H,4-7,9,15H2,1H3. The molecule has 18 heavy (non-hydrogen) atoms. The number of carbonyl (C=O) groups excluding carboxylic acids is 1. The van der Waals surface area contributed by atoms with Crippen LogP contribution in [0.2, 0.25) is 0 Å². The van der Waals surface area contributed by atoms with Gasteiger partial charge in [-0.15, -0.1) is 0 Å². The second-order valence-electron chi connectivity index (χ2n) is 5.44. The highest BCUT2D eigenvalue weighted by Gasteiger charge is 2.42. The van der Waals surface area contributed by atoms with Gasteiger partial charge in [0.25, 0.3) is 0 Å². The van der Waals surface area contributed by atoms with Crippen molar-refractivity contribution in [2.24, 2.45) is 0 Å². The van der Waals surface area contributed by atoms with Crippen LogP contribution in [0.3, 0.4) is 0 Å². The fourth-order valence-electron chi connectivity index (χ4n) is 2.82. The number of Topliss-reactive ketones (excluding diaryl/α,β-unsaturated/α-hetero) is 1. The molecule has 0 bridgehead atoms. The maximum atomic E-state index is 12.2. The van der Waals surface area contributed by atoms with Crippen LogP contribution in [0.25, 0.3) is 0 Å². The summed E-state index contributed by atoms with van der Waals surface area (Å²) in [7, 11) is 2.10. The number of ketones is 1. The number of carbonyl (C=O) groups is 1. The number of benzene rings is 1. The first-order valence-corrected chi connectivity index (χ1v) is 6.38. The highest BCUT2D eigenvalue weighted by molar-refractivity contribution is 6.00. The predicted octanol–water partition coefficient (Wildman–Crippen LogP) is 1.70. The molecule has 0 atom stereocenters. The lowest BCUT2D eigenvalue weighted by atomic mass is 9.82. The Hall–Kier alpha value is -1.55. The Labute approximate surface area is 107 Å². The van der Waals surface area contributed by atoms with Crippen LogP contribution >= 0.6 is 0 Å². The van der Waals surface area contributed by atoms with Gasteiger partial charge in [0.15, 0.2) is 5.78 Å². The van der Waals surface area contributed by atoms with Crippen molar-refractivity contribution in [1.82, 2.24) is 4.90 Å². The summed E-state index contributed by atoms with van der Waals surface area (Å²) in [6.45, 7) is 1.95. The molecule has 0 aromatic heterocycles. The highest BCUT2D eigenvalue weighted by Crippen LogP contribution is 2.39. The van der Waals surface area contributed by atoms with E-state index in [0.717, 1.165) is 25.9 Å². The summed E-state index contributed by atoms with van der Waals surface area (Å²) in [4.78, 5) is 14.5. The van der Waals surface area contributed by atoms with Gasteiger partial charge >= 0.3 is 0 Å². The predicted molar refractivity (Wildman–Crippen MR) is 69.9 cm³/mol. The van der Waals surface area contributed by atoms with Crippen molar-refractivity contribution in [1.29, 1.82) is 0 Å². The Balaban J connectivity index is 1.93. The van der Waals surface area contributed by atoms with E-state index >= 15 is 0 Å². The molecule has 1 fully saturated rings. The van der Waals surface area contributed by atoms with Gasteiger partial charge in [0.1, 0.15) is 11.4 Å². The van der Waals surface area contributed by atoms with E-state index in [-0.39, 0.29) is 11.4 Å². The molecule has 1 aromatic rings. The van der Waals surface area contributed by atoms with Crippen LogP contribution in [0.4, 0.5) is 5.69 Å². The second-order valence-corrected chi connectivity index (χ2v) is 5.44. The van der Waals surface area contributed by atoms with Crippen molar-refractivity contribution in [2.45, 2.75) is 24.9 Å². The van der Waals surface area contributed by atoms with Crippen LogP contribution in [-0.2, 0) is 0 Å². The number of hydrogen-bond donors (Lipinski definition) is 1. The molecule has 2 aliphatic rings. The summed E-state index contributed by atoms with van der Waals surface area (Å²) in [6.07, 6.45) is 2.31. The van der Waals surface area contributed by atoms with Gasteiger partial charge < -0.3 is 15.4 Å². The highest BCUT2D eigenvalue weighted by atomic mass is 16.5. The van der Waals surface area contributed by atoms with Crippen LogP contribution in [0.5, 0.6) is 5.75 Å². The van der Waals surface area contributed by atoms with E-state index in [1.807, 2.05) is 0 Å². The number of hydrogen-bond acceptors (Lipinski definition) is 4. The van der Waals surface area contributed by atoms with Gasteiger partial charge in [-0.3, -0.25) is 4.79 Å². The summed E-state index contributed by atoms with van der Waals surface area (Å²) < 4.78 is 6.13. The average Bonchev–Trinajstić information content (AvgIpc) is 2.33. The zero-order chi connectivity index (χ0) is 12.8. The average molecular weight is 246 g/mol. The third-order valence-corrected chi connectivity index (χ3v) is 4.01. The Bertz CT molecular complexity index is 491. The van der Waals surface area contributed by atoms with Crippen LogP contribution in [0, 0.1) is 0 Å². The minimum Gasteiger partial charge on any atom is -0.486 e. The van der Waals surface area contributed by atoms with E-state index in [0.29, 0.717) is 23.4 Å². The quantitative estimate of drug-likeness (QED) is 0.708. The number of rotatable bonds is 0. The molecule has 1 spiro atoms. The largest absolute Gasteiger partial charge is 0.486 e. The minimum absolute atomic E-state index is 0.181. The second kappa shape index (κ2) is 3.99. The fraction of sp³-hybridized carbons (Fsp3) is 0.500. The van der Waals surface area contributed by atoms with Crippen molar-refractivity contribution < 1.29 is 9.53 Å². The first-order valence-electron chi connectivity index (χ1n) is 6.38. The van der Waals surface area contributed by atoms with E-state index < -0.39 is 0 Å². The molecule has 3 rings (SSSR count). The SMILES string of the molecule is CN1CCC2(CC1)CC(=O)c1ccc(N)cc1O2. The van der Waals surface area contributed by atoms with Crippen LogP contribution < -0.4 is 10.5 Å². The molecule has 0 unspecified atom stereocenters. The summed E-state index contributed by atoms with van der Waals surface area (Å²) in [6, 6.07) is 5.30. The third kappa shape index (κ3) is 1.86. The fourth-order valence-corrected chi connectivity index (χ4v) is 2.82. The van der Waals surface area contributed by atoms with Crippen molar-refractivity contribution in [3.05, 3.63) is 23.8 Å². The molecule has 4 heteroatoms. The summed E-state index contributed by atoms with van der Waals surface area (Å²) in [5.41, 5.74) is 6.79. The number of likely N-dealkylation sites (tertiary alicyclic amines) is 1. The molecule has 2 N–H and O–H groups in total. The van der Waals surface area contributed by atoms with Crippen molar-refractivity contribution >= 4 is 11.5 Å². The van der Waals surface area contributed by atoms with Crippen LogP contribution in [0.15, 0.2) is 18.2 Å². The Kier molecular flexibility index (Phi) is 2.55. The molecule has 1 aromatic carbocycles. The summed E-state index contributed by atoms with van der Waals surface area (Å²) >= 11 is 0. The van der Waals surface area contributed by atoms with Gasteiger partial charge in [-0.2, -0.15) is 0 Å². The van der Waals surface area contributed by atoms with Gasteiger partial charge in [0.05, 0.1) is 12.0 Å². The first-order chi connectivity index (χ1) is 8.58. The number of anilines is 1. The molecule has 1 saturated heterocycles. The summed E-state index contributed by atoms with van der Waals surface area (Å²) in [5.74, 6) is 0.844. The molecule has 4 nitrogen and oxygen atoms in total. The normalized spacial score (nSPS) is 22.6. The zero-order valence-corrected chi connectivity index (χ0v) is 10.6. The number of nitrogens with two attached hydrogens (primary N) is 1. The molecule has 0 radical (unpaired) electrons. The summed E-state index contributed by atoms with van der Waals surface area (Å²) in [5, 5.41) is 0. The minimum atomic E-state index is -0.301. The maximum Gasteiger partial charge on any atom is 0.170 e. The molecular weight excluding hydrogens is 228 g/mol. The molecule has 0 aliphatic carbocycles. The van der Waals surface area contributed by atoms with Crippen molar-refractivity contribution in [3.8, 4) is 5.75 Å². The molecule has 0 saturated carbocycles. The lowest BCUT2D eigenvalue weighted by molar-refractivity contribution is -0.00361. The number of ether oxygens (including phenoxy) is 1. The lowest BCUT2D eigenvalue weighted by Crippen LogP contribution is -2.50. The van der Waals surface area contributed by atoms with E-state index in [1.54, 1.807) is 18.2 Å². The van der Waals surface area contributed by atoms with Crippen molar-refractivity contribution in [3.63, 3.8) is 0 Å². The molecule has 96 valence electrons. The lowest BCUT2D eigenvalue weighted by Gasteiger charge is -2.43. The van der Waals surface area contributed by atoms with Gasteiger partial charge in [0.2, 0.25) is 0 Å². The molecular formula is C14H18N2O2. The van der Waals surface area contributed by atoms with Gasteiger partial charge in [-0.1, -0.05) is 0 Å². The van der Waals surface area contributed by atoms with E-state index in [9.17, 15) is 4.79 Å². The smallest absolute Gasteiger partial charge is 0.170 e. The van der Waals surface area contributed by atoms with Gasteiger partial charge in [-0.25, -0.2) is 0 Å². The molecule has 2 heterocycles.